The number of carboxylic acids is 1. The predicted octanol–water partition coefficient (Wildman–Crippen LogP) is 2.98. The van der Waals surface area contributed by atoms with E-state index in [0.29, 0.717) is 17.8 Å². The van der Waals surface area contributed by atoms with E-state index in [2.05, 4.69) is 10.3 Å². The Morgan fingerprint density at radius 2 is 2.24 bits per heavy atom. The van der Waals surface area contributed by atoms with E-state index in [9.17, 15) is 9.59 Å². The standard InChI is InChI=1S/C15H16N2O3S/c1-2-11-8-12(15(19)20)14(21-11)17-13(18)6-5-10-4-3-7-16-9-10/h3-4,7-9H,2,5-6H2,1H3,(H,17,18)(H,19,20). The molecule has 1 amide bonds. The molecule has 0 spiro atoms. The molecule has 0 aliphatic carbocycles. The zero-order valence-corrected chi connectivity index (χ0v) is 12.4. The number of nitrogens with one attached hydrogen (secondary N) is 1. The maximum absolute atomic E-state index is 11.9. The molecule has 110 valence electrons. The van der Waals surface area contributed by atoms with Gasteiger partial charge in [-0.05, 0) is 30.5 Å². The molecule has 0 fully saturated rings. The van der Waals surface area contributed by atoms with E-state index in [-0.39, 0.29) is 11.5 Å². The van der Waals surface area contributed by atoms with Crippen LogP contribution in [0.1, 0.15) is 34.1 Å². The van der Waals surface area contributed by atoms with E-state index in [1.165, 1.54) is 11.3 Å². The lowest BCUT2D eigenvalue weighted by molar-refractivity contribution is -0.116. The summed E-state index contributed by atoms with van der Waals surface area (Å²) in [5.74, 6) is -1.21. The number of carbonyl (C=O) groups is 2. The number of aryl methyl sites for hydroxylation is 2. The summed E-state index contributed by atoms with van der Waals surface area (Å²) in [6, 6.07) is 5.34. The fourth-order valence-electron chi connectivity index (χ4n) is 1.86. The van der Waals surface area contributed by atoms with Gasteiger partial charge in [-0.3, -0.25) is 9.78 Å². The van der Waals surface area contributed by atoms with Crippen molar-refractivity contribution in [1.82, 2.24) is 4.98 Å². The van der Waals surface area contributed by atoms with Crippen molar-refractivity contribution in [3.63, 3.8) is 0 Å². The van der Waals surface area contributed by atoms with Crippen LogP contribution in [0.5, 0.6) is 0 Å². The topological polar surface area (TPSA) is 79.3 Å². The molecule has 0 aliphatic heterocycles. The molecule has 0 saturated carbocycles. The minimum absolute atomic E-state index is 0.159. The Hall–Kier alpha value is -2.21. The van der Waals surface area contributed by atoms with Crippen LogP contribution >= 0.6 is 11.3 Å². The number of hydrogen-bond acceptors (Lipinski definition) is 4. The summed E-state index contributed by atoms with van der Waals surface area (Å²) < 4.78 is 0. The summed E-state index contributed by atoms with van der Waals surface area (Å²) >= 11 is 1.31. The largest absolute Gasteiger partial charge is 0.478 e. The van der Waals surface area contributed by atoms with Gasteiger partial charge in [0.1, 0.15) is 5.00 Å². The van der Waals surface area contributed by atoms with Crippen molar-refractivity contribution < 1.29 is 14.7 Å². The molecule has 2 heterocycles. The van der Waals surface area contributed by atoms with Gasteiger partial charge in [0.15, 0.2) is 0 Å². The van der Waals surface area contributed by atoms with Gasteiger partial charge in [-0.2, -0.15) is 0 Å². The number of thiophene rings is 1. The predicted molar refractivity (Wildman–Crippen MR) is 81.8 cm³/mol. The first-order valence-electron chi connectivity index (χ1n) is 6.65. The highest BCUT2D eigenvalue weighted by atomic mass is 32.1. The summed E-state index contributed by atoms with van der Waals surface area (Å²) in [7, 11) is 0. The van der Waals surface area contributed by atoms with Crippen molar-refractivity contribution in [3.05, 3.63) is 46.6 Å². The second-order valence-electron chi connectivity index (χ2n) is 4.52. The number of hydrogen-bond donors (Lipinski definition) is 2. The van der Waals surface area contributed by atoms with Gasteiger partial charge < -0.3 is 10.4 Å². The molecule has 0 aliphatic rings. The zero-order valence-electron chi connectivity index (χ0n) is 11.6. The fraction of sp³-hybridized carbons (Fsp3) is 0.267. The smallest absolute Gasteiger partial charge is 0.338 e. The van der Waals surface area contributed by atoms with Gasteiger partial charge in [0.2, 0.25) is 5.91 Å². The molecule has 6 heteroatoms. The number of aromatic carboxylic acids is 1. The third-order valence-electron chi connectivity index (χ3n) is 2.98. The van der Waals surface area contributed by atoms with Crippen LogP contribution < -0.4 is 5.32 Å². The minimum atomic E-state index is -1.02. The highest BCUT2D eigenvalue weighted by molar-refractivity contribution is 7.16. The Labute approximate surface area is 126 Å². The van der Waals surface area contributed by atoms with Crippen molar-refractivity contribution in [2.75, 3.05) is 5.32 Å². The van der Waals surface area contributed by atoms with Crippen molar-refractivity contribution in [2.45, 2.75) is 26.2 Å². The molecule has 0 unspecified atom stereocenters. The molecule has 5 nitrogen and oxygen atoms in total. The number of pyridine rings is 1. The number of amides is 1. The maximum Gasteiger partial charge on any atom is 0.338 e. The van der Waals surface area contributed by atoms with E-state index in [4.69, 9.17) is 5.11 Å². The first kappa shape index (κ1) is 15.2. The van der Waals surface area contributed by atoms with E-state index in [0.717, 1.165) is 16.9 Å². The number of nitrogens with zero attached hydrogens (tertiary/aromatic N) is 1. The van der Waals surface area contributed by atoms with E-state index < -0.39 is 5.97 Å². The first-order chi connectivity index (χ1) is 10.1. The number of anilines is 1. The van der Waals surface area contributed by atoms with E-state index in [1.807, 2.05) is 19.1 Å². The van der Waals surface area contributed by atoms with Crippen LogP contribution in [0.4, 0.5) is 5.00 Å². The maximum atomic E-state index is 11.9. The van der Waals surface area contributed by atoms with Crippen LogP contribution in [0.15, 0.2) is 30.6 Å². The number of carboxylic acid groups (broad SMARTS) is 1. The summed E-state index contributed by atoms with van der Waals surface area (Å²) in [5, 5.41) is 12.3. The molecule has 0 bridgehead atoms. The van der Waals surface area contributed by atoms with E-state index >= 15 is 0 Å². The lowest BCUT2D eigenvalue weighted by Crippen LogP contribution is -2.13. The lowest BCUT2D eigenvalue weighted by atomic mass is 10.1. The van der Waals surface area contributed by atoms with Crippen LogP contribution in [-0.2, 0) is 17.6 Å². The highest BCUT2D eigenvalue weighted by Gasteiger charge is 2.16. The normalized spacial score (nSPS) is 10.3. The van der Waals surface area contributed by atoms with Crippen LogP contribution in [0.25, 0.3) is 0 Å². The molecular formula is C15H16N2O3S. The molecule has 0 saturated heterocycles. The summed E-state index contributed by atoms with van der Waals surface area (Å²) in [6.45, 7) is 1.95. The Morgan fingerprint density at radius 1 is 1.43 bits per heavy atom. The van der Waals surface area contributed by atoms with Gasteiger partial charge in [0.25, 0.3) is 0 Å². The SMILES string of the molecule is CCc1cc(C(=O)O)c(NC(=O)CCc2cccnc2)s1. The third-order valence-corrected chi connectivity index (χ3v) is 4.17. The van der Waals surface area contributed by atoms with Crippen LogP contribution in [0, 0.1) is 0 Å². The lowest BCUT2D eigenvalue weighted by Gasteiger charge is -2.04. The van der Waals surface area contributed by atoms with Crippen molar-refractivity contribution in [1.29, 1.82) is 0 Å². The molecule has 0 aromatic carbocycles. The summed E-state index contributed by atoms with van der Waals surface area (Å²) in [5.41, 5.74) is 1.14. The Morgan fingerprint density at radius 3 is 2.86 bits per heavy atom. The van der Waals surface area contributed by atoms with Gasteiger partial charge in [-0.15, -0.1) is 11.3 Å². The summed E-state index contributed by atoms with van der Waals surface area (Å²) in [4.78, 5) is 28.0. The van der Waals surface area contributed by atoms with Crippen LogP contribution in [0.2, 0.25) is 0 Å². The molecule has 21 heavy (non-hydrogen) atoms. The van der Waals surface area contributed by atoms with Gasteiger partial charge in [-0.25, -0.2) is 4.79 Å². The van der Waals surface area contributed by atoms with Crippen molar-refractivity contribution in [3.8, 4) is 0 Å². The number of aromatic nitrogens is 1. The van der Waals surface area contributed by atoms with E-state index in [1.54, 1.807) is 18.5 Å². The van der Waals surface area contributed by atoms with Gasteiger partial charge in [0, 0.05) is 23.7 Å². The Balaban J connectivity index is 1.99. The van der Waals surface area contributed by atoms with Crippen LogP contribution in [-0.4, -0.2) is 22.0 Å². The third kappa shape index (κ3) is 4.13. The Kier molecular flexibility index (Phi) is 5.05. The number of carbonyl (C=O) groups excluding carboxylic acids is 1. The van der Waals surface area contributed by atoms with Gasteiger partial charge in [-0.1, -0.05) is 13.0 Å². The second-order valence-corrected chi connectivity index (χ2v) is 5.66. The summed E-state index contributed by atoms with van der Waals surface area (Å²) in [6.07, 6.45) is 5.02. The number of rotatable bonds is 6. The molecular weight excluding hydrogens is 288 g/mol. The van der Waals surface area contributed by atoms with Crippen LogP contribution in [0.3, 0.4) is 0 Å². The fourth-order valence-corrected chi connectivity index (χ4v) is 2.87. The highest BCUT2D eigenvalue weighted by Crippen LogP contribution is 2.28. The average molecular weight is 304 g/mol. The minimum Gasteiger partial charge on any atom is -0.478 e. The average Bonchev–Trinajstić information content (AvgIpc) is 2.89. The van der Waals surface area contributed by atoms with Gasteiger partial charge in [0.05, 0.1) is 5.56 Å². The molecule has 2 N–H and O–H groups in total. The quantitative estimate of drug-likeness (QED) is 0.860. The second kappa shape index (κ2) is 6.99. The monoisotopic (exact) mass is 304 g/mol. The molecule has 2 rings (SSSR count). The first-order valence-corrected chi connectivity index (χ1v) is 7.46. The van der Waals surface area contributed by atoms with Gasteiger partial charge >= 0.3 is 5.97 Å². The van der Waals surface area contributed by atoms with Crippen molar-refractivity contribution in [2.24, 2.45) is 0 Å². The molecule has 0 atom stereocenters. The van der Waals surface area contributed by atoms with Crippen molar-refractivity contribution >= 4 is 28.2 Å². The zero-order chi connectivity index (χ0) is 15.2. The Bertz CT molecular complexity index is 638. The molecule has 0 radical (unpaired) electrons. The molecule has 2 aromatic rings. The molecule has 2 aromatic heterocycles.